The molecule has 37 heavy (non-hydrogen) atoms. The van der Waals surface area contributed by atoms with Gasteiger partial charge in [-0.1, -0.05) is 153 Å². The lowest BCUT2D eigenvalue weighted by Crippen LogP contribution is -2.34. The van der Waals surface area contributed by atoms with Crippen LogP contribution < -0.4 is 0 Å². The summed E-state index contributed by atoms with van der Waals surface area (Å²) in [5, 5.41) is 0. The summed E-state index contributed by atoms with van der Waals surface area (Å²) in [6, 6.07) is 10.6. The molecular formula is C34H61FO2. The van der Waals surface area contributed by atoms with Gasteiger partial charge >= 0.3 is 0 Å². The van der Waals surface area contributed by atoms with E-state index in [0.29, 0.717) is 6.61 Å². The van der Waals surface area contributed by atoms with Crippen LogP contribution in [-0.2, 0) is 15.3 Å². The molecule has 0 N–H and O–H groups in total. The predicted octanol–water partition coefficient (Wildman–Crippen LogP) is 11.5. The number of alkyl halides is 1. The zero-order valence-corrected chi connectivity index (χ0v) is 24.8. The van der Waals surface area contributed by atoms with Crippen molar-refractivity contribution in [1.82, 2.24) is 0 Å². The standard InChI is InChI=1S/C34H61FO2/c1-3-5-6-7-8-9-10-11-12-13-16-19-25-30-34(36-4-2,33-28-23-22-24-29-33)37-32-27-21-18-15-14-17-20-26-31-35/h22-24,28-29H,3-21,25-27,30-32H2,1-2H3. The Morgan fingerprint density at radius 2 is 1.00 bits per heavy atom. The summed E-state index contributed by atoms with van der Waals surface area (Å²) in [7, 11) is 0. The quantitative estimate of drug-likeness (QED) is 0.0808. The number of ether oxygens (including phenoxy) is 2. The largest absolute Gasteiger partial charge is 0.346 e. The first-order valence-corrected chi connectivity index (χ1v) is 16.2. The summed E-state index contributed by atoms with van der Waals surface area (Å²) in [6.07, 6.45) is 27.6. The van der Waals surface area contributed by atoms with Gasteiger partial charge in [0.05, 0.1) is 13.3 Å². The molecule has 0 spiro atoms. The second-order valence-electron chi connectivity index (χ2n) is 10.9. The third-order valence-electron chi connectivity index (χ3n) is 7.56. The van der Waals surface area contributed by atoms with Gasteiger partial charge in [-0.15, -0.1) is 0 Å². The molecule has 1 unspecified atom stereocenters. The van der Waals surface area contributed by atoms with Crippen molar-refractivity contribution in [2.75, 3.05) is 19.9 Å². The van der Waals surface area contributed by atoms with Gasteiger partial charge in [-0.25, -0.2) is 0 Å². The molecule has 1 atom stereocenters. The number of hydrogen-bond acceptors (Lipinski definition) is 2. The summed E-state index contributed by atoms with van der Waals surface area (Å²) >= 11 is 0. The molecule has 0 saturated carbocycles. The van der Waals surface area contributed by atoms with Gasteiger partial charge in [-0.2, -0.15) is 0 Å². The minimum absolute atomic E-state index is 0.167. The minimum Gasteiger partial charge on any atom is -0.346 e. The maximum atomic E-state index is 12.2. The van der Waals surface area contributed by atoms with Crippen molar-refractivity contribution < 1.29 is 13.9 Å². The monoisotopic (exact) mass is 520 g/mol. The molecular weight excluding hydrogens is 459 g/mol. The third kappa shape index (κ3) is 18.1. The van der Waals surface area contributed by atoms with E-state index in [1.807, 2.05) is 0 Å². The van der Waals surface area contributed by atoms with E-state index in [9.17, 15) is 4.39 Å². The topological polar surface area (TPSA) is 18.5 Å². The first-order valence-electron chi connectivity index (χ1n) is 16.2. The third-order valence-corrected chi connectivity index (χ3v) is 7.56. The molecule has 0 aliphatic heterocycles. The van der Waals surface area contributed by atoms with Crippen LogP contribution in [0.2, 0.25) is 0 Å². The number of benzene rings is 1. The Morgan fingerprint density at radius 1 is 0.541 bits per heavy atom. The van der Waals surface area contributed by atoms with Gasteiger partial charge in [-0.3, -0.25) is 4.39 Å². The number of hydrogen-bond donors (Lipinski definition) is 0. The van der Waals surface area contributed by atoms with E-state index >= 15 is 0 Å². The van der Waals surface area contributed by atoms with Crippen LogP contribution in [0.3, 0.4) is 0 Å². The van der Waals surface area contributed by atoms with Crippen molar-refractivity contribution in [1.29, 1.82) is 0 Å². The molecule has 0 amide bonds. The first kappa shape index (κ1) is 34.1. The Morgan fingerprint density at radius 3 is 1.49 bits per heavy atom. The van der Waals surface area contributed by atoms with Crippen LogP contribution in [0.15, 0.2) is 30.3 Å². The van der Waals surface area contributed by atoms with Gasteiger partial charge in [0.1, 0.15) is 0 Å². The second kappa shape index (κ2) is 25.4. The zero-order valence-electron chi connectivity index (χ0n) is 24.8. The van der Waals surface area contributed by atoms with Crippen molar-refractivity contribution in [2.45, 2.75) is 161 Å². The first-order chi connectivity index (χ1) is 18.3. The molecule has 1 aromatic rings. The van der Waals surface area contributed by atoms with Gasteiger partial charge in [0, 0.05) is 18.6 Å². The average molecular weight is 521 g/mol. The Kier molecular flexibility index (Phi) is 23.4. The van der Waals surface area contributed by atoms with Crippen LogP contribution in [0, 0.1) is 0 Å². The molecule has 2 nitrogen and oxygen atoms in total. The molecule has 216 valence electrons. The zero-order chi connectivity index (χ0) is 26.7. The fourth-order valence-electron chi connectivity index (χ4n) is 5.29. The van der Waals surface area contributed by atoms with E-state index in [-0.39, 0.29) is 6.67 Å². The summed E-state index contributed by atoms with van der Waals surface area (Å²) in [5.41, 5.74) is 1.16. The van der Waals surface area contributed by atoms with Crippen LogP contribution >= 0.6 is 0 Å². The van der Waals surface area contributed by atoms with Crippen molar-refractivity contribution in [3.8, 4) is 0 Å². The van der Waals surface area contributed by atoms with E-state index < -0.39 is 5.79 Å². The van der Waals surface area contributed by atoms with E-state index in [4.69, 9.17) is 9.47 Å². The smallest absolute Gasteiger partial charge is 0.194 e. The lowest BCUT2D eigenvalue weighted by atomic mass is 9.97. The van der Waals surface area contributed by atoms with E-state index in [1.54, 1.807) is 0 Å². The van der Waals surface area contributed by atoms with Crippen LogP contribution in [-0.4, -0.2) is 19.9 Å². The molecule has 3 heteroatoms. The van der Waals surface area contributed by atoms with E-state index in [1.165, 1.54) is 109 Å². The van der Waals surface area contributed by atoms with Gasteiger partial charge < -0.3 is 9.47 Å². The normalized spacial score (nSPS) is 13.2. The van der Waals surface area contributed by atoms with Crippen LogP contribution in [0.5, 0.6) is 0 Å². The highest BCUT2D eigenvalue weighted by Gasteiger charge is 2.33. The highest BCUT2D eigenvalue weighted by atomic mass is 19.1. The summed E-state index contributed by atoms with van der Waals surface area (Å²) in [6.45, 7) is 5.60. The molecule has 1 rings (SSSR count). The molecule has 0 radical (unpaired) electrons. The van der Waals surface area contributed by atoms with Crippen LogP contribution in [0.1, 0.15) is 161 Å². The molecule has 1 aromatic carbocycles. The van der Waals surface area contributed by atoms with Gasteiger partial charge in [-0.05, 0) is 26.2 Å². The second-order valence-corrected chi connectivity index (χ2v) is 10.9. The Hall–Kier alpha value is -0.930. The highest BCUT2D eigenvalue weighted by Crippen LogP contribution is 2.34. The fourth-order valence-corrected chi connectivity index (χ4v) is 5.29. The number of halogens is 1. The molecule has 0 aliphatic rings. The van der Waals surface area contributed by atoms with E-state index in [2.05, 4.69) is 44.2 Å². The minimum atomic E-state index is -0.611. The summed E-state index contributed by atoms with van der Waals surface area (Å²) in [5.74, 6) is -0.611. The fraction of sp³-hybridized carbons (Fsp3) is 0.824. The highest BCUT2D eigenvalue weighted by molar-refractivity contribution is 5.20. The lowest BCUT2D eigenvalue weighted by molar-refractivity contribution is -0.250. The molecule has 0 aliphatic carbocycles. The molecule has 0 aromatic heterocycles. The molecule has 0 fully saturated rings. The summed E-state index contributed by atoms with van der Waals surface area (Å²) in [4.78, 5) is 0. The van der Waals surface area contributed by atoms with Crippen molar-refractivity contribution >= 4 is 0 Å². The number of unbranched alkanes of at least 4 members (excludes halogenated alkanes) is 19. The van der Waals surface area contributed by atoms with E-state index in [0.717, 1.165) is 44.3 Å². The van der Waals surface area contributed by atoms with Gasteiger partial charge in [0.25, 0.3) is 0 Å². The average Bonchev–Trinajstić information content (AvgIpc) is 2.92. The summed E-state index contributed by atoms with van der Waals surface area (Å²) < 4.78 is 25.1. The van der Waals surface area contributed by atoms with Crippen molar-refractivity contribution in [3.05, 3.63) is 35.9 Å². The van der Waals surface area contributed by atoms with Crippen molar-refractivity contribution in [2.24, 2.45) is 0 Å². The predicted molar refractivity (Wildman–Crippen MR) is 159 cm³/mol. The Bertz CT molecular complexity index is 578. The van der Waals surface area contributed by atoms with Crippen molar-refractivity contribution in [3.63, 3.8) is 0 Å². The molecule has 0 heterocycles. The van der Waals surface area contributed by atoms with Gasteiger partial charge in [0.15, 0.2) is 5.79 Å². The maximum Gasteiger partial charge on any atom is 0.194 e. The molecule has 0 saturated heterocycles. The number of rotatable bonds is 28. The maximum absolute atomic E-state index is 12.2. The Balaban J connectivity index is 2.29. The molecule has 0 bridgehead atoms. The van der Waals surface area contributed by atoms with Crippen LogP contribution in [0.4, 0.5) is 4.39 Å². The van der Waals surface area contributed by atoms with Crippen LogP contribution in [0.25, 0.3) is 0 Å². The lowest BCUT2D eigenvalue weighted by Gasteiger charge is -2.34. The Labute approximate surface area is 230 Å². The SMILES string of the molecule is CCCCCCCCCCCCCCCC(OCC)(OCCCCCCCCCCF)c1ccccc1. The van der Waals surface area contributed by atoms with Gasteiger partial charge in [0.2, 0.25) is 0 Å².